The van der Waals surface area contributed by atoms with Crippen LogP contribution >= 0.6 is 31.9 Å². The minimum atomic E-state index is -0.0279. The van der Waals surface area contributed by atoms with E-state index in [1.165, 1.54) is 0 Å². The molecule has 8 heteroatoms. The number of nitrogens with zero attached hydrogens (tertiary/aromatic N) is 3. The highest BCUT2D eigenvalue weighted by molar-refractivity contribution is 9.10. The van der Waals surface area contributed by atoms with Gasteiger partial charge in [0.25, 0.3) is 0 Å². The first-order valence-electron chi connectivity index (χ1n) is 7.80. The molecule has 0 fully saturated rings. The van der Waals surface area contributed by atoms with Crippen molar-refractivity contribution in [3.05, 3.63) is 66.9 Å². The zero-order valence-electron chi connectivity index (χ0n) is 14.4. The molecule has 0 aliphatic heterocycles. The van der Waals surface area contributed by atoms with Crippen LogP contribution in [0.15, 0.2) is 50.5 Å². The maximum atomic E-state index is 11.4. The van der Waals surface area contributed by atoms with Gasteiger partial charge in [-0.3, -0.25) is 9.59 Å². The lowest BCUT2D eigenvalue weighted by Crippen LogP contribution is -2.01. The van der Waals surface area contributed by atoms with Gasteiger partial charge in [0, 0.05) is 49.2 Å². The number of halogens is 2. The van der Waals surface area contributed by atoms with Crippen LogP contribution in [0.4, 0.5) is 11.4 Å². The predicted octanol–water partition coefficient (Wildman–Crippen LogP) is 6.61. The minimum Gasteiger partial charge on any atom is -0.398 e. The van der Waals surface area contributed by atoms with Crippen LogP contribution in [-0.2, 0) is 0 Å². The fraction of sp³-hybridized carbons (Fsp3) is 0.222. The number of azide groups is 1. The predicted molar refractivity (Wildman–Crippen MR) is 111 cm³/mol. The van der Waals surface area contributed by atoms with Crippen molar-refractivity contribution in [2.45, 2.75) is 26.7 Å². The largest absolute Gasteiger partial charge is 0.398 e. The maximum absolute atomic E-state index is 11.4. The number of carbonyl (C=O) groups is 2. The van der Waals surface area contributed by atoms with Crippen molar-refractivity contribution in [3.63, 3.8) is 0 Å². The Morgan fingerprint density at radius 3 is 2.00 bits per heavy atom. The molecule has 0 amide bonds. The van der Waals surface area contributed by atoms with E-state index in [-0.39, 0.29) is 11.6 Å². The smallest absolute Gasteiger partial charge is 0.164 e. The van der Waals surface area contributed by atoms with E-state index in [4.69, 9.17) is 11.3 Å². The summed E-state index contributed by atoms with van der Waals surface area (Å²) < 4.78 is 1.68. The molecule has 0 spiro atoms. The lowest BCUT2D eigenvalue weighted by molar-refractivity contribution is 0.0981. The third kappa shape index (κ3) is 6.29. The number of hydrogen-bond donors (Lipinski definition) is 1. The van der Waals surface area contributed by atoms with E-state index >= 15 is 0 Å². The highest BCUT2D eigenvalue weighted by atomic mass is 79.9. The first-order chi connectivity index (χ1) is 12.3. The molecule has 0 saturated heterocycles. The summed E-state index contributed by atoms with van der Waals surface area (Å²) in [7, 11) is 0. The molecular formula is C18H18Br2N4O2. The molecule has 26 heavy (non-hydrogen) atoms. The molecule has 2 aromatic carbocycles. The van der Waals surface area contributed by atoms with Crippen molar-refractivity contribution in [1.29, 1.82) is 0 Å². The molecule has 2 N–H and O–H groups in total. The molecule has 0 bridgehead atoms. The Morgan fingerprint density at radius 1 is 1.00 bits per heavy atom. The number of carbonyl (C=O) groups excluding carboxylic acids is 2. The Labute approximate surface area is 168 Å². The Kier molecular flexibility index (Phi) is 9.05. The summed E-state index contributed by atoms with van der Waals surface area (Å²) in [6.45, 7) is 3.59. The first kappa shape index (κ1) is 21.9. The number of Topliss-reactive ketones (excluding diaryl/α,β-unsaturated/α-hetero) is 2. The summed E-state index contributed by atoms with van der Waals surface area (Å²) >= 11 is 6.52. The maximum Gasteiger partial charge on any atom is 0.164 e. The summed E-state index contributed by atoms with van der Waals surface area (Å²) in [6, 6.07) is 10.3. The average Bonchev–Trinajstić information content (AvgIpc) is 2.61. The van der Waals surface area contributed by atoms with Crippen LogP contribution in [0.3, 0.4) is 0 Å². The van der Waals surface area contributed by atoms with E-state index in [1.54, 1.807) is 37.3 Å². The fourth-order valence-corrected chi connectivity index (χ4v) is 2.77. The second-order valence-corrected chi connectivity index (χ2v) is 6.97. The lowest BCUT2D eigenvalue weighted by atomic mass is 10.1. The minimum absolute atomic E-state index is 0.0279. The van der Waals surface area contributed by atoms with Gasteiger partial charge >= 0.3 is 0 Å². The number of nitrogen functional groups attached to an aromatic ring is 1. The van der Waals surface area contributed by atoms with Crippen LogP contribution < -0.4 is 5.73 Å². The zero-order chi connectivity index (χ0) is 19.7. The van der Waals surface area contributed by atoms with Gasteiger partial charge in [-0.15, -0.1) is 0 Å². The van der Waals surface area contributed by atoms with E-state index in [2.05, 4.69) is 41.9 Å². The summed E-state index contributed by atoms with van der Waals surface area (Å²) in [4.78, 5) is 25.3. The summed E-state index contributed by atoms with van der Waals surface area (Å²) in [6.07, 6.45) is 0.890. The summed E-state index contributed by atoms with van der Waals surface area (Å²) in [5.41, 5.74) is 16.0. The van der Waals surface area contributed by atoms with Crippen LogP contribution in [0.25, 0.3) is 10.4 Å². The number of benzene rings is 2. The Morgan fingerprint density at radius 2 is 1.50 bits per heavy atom. The molecule has 136 valence electrons. The van der Waals surface area contributed by atoms with E-state index < -0.39 is 0 Å². The Balaban J connectivity index is 0.000000263. The van der Waals surface area contributed by atoms with Gasteiger partial charge in [-0.2, -0.15) is 0 Å². The molecule has 0 aliphatic rings. The van der Waals surface area contributed by atoms with E-state index in [0.717, 1.165) is 8.95 Å². The molecule has 0 heterocycles. The average molecular weight is 482 g/mol. The molecule has 2 aromatic rings. The van der Waals surface area contributed by atoms with Crippen LogP contribution in [0.5, 0.6) is 0 Å². The van der Waals surface area contributed by atoms with Gasteiger partial charge in [0.05, 0.1) is 0 Å². The van der Waals surface area contributed by atoms with E-state index in [1.807, 2.05) is 13.0 Å². The number of rotatable bonds is 5. The Hall–Kier alpha value is -2.15. The standard InChI is InChI=1S/C9H8BrN3O.C9H10BrNO/c1-2-9(14)7-4-3-6(10)5-8(7)12-13-11;1-2-9(12)7-4-3-6(10)5-8(7)11/h3-5H,2H2,1H3;3-5H,2,11H2,1H3. The van der Waals surface area contributed by atoms with Crippen molar-refractivity contribution >= 4 is 54.8 Å². The van der Waals surface area contributed by atoms with Crippen LogP contribution in [0, 0.1) is 0 Å². The molecule has 0 aliphatic carbocycles. The molecular weight excluding hydrogens is 464 g/mol. The second-order valence-electron chi connectivity index (χ2n) is 5.14. The molecule has 0 saturated carbocycles. The van der Waals surface area contributed by atoms with Crippen molar-refractivity contribution in [2.75, 3.05) is 5.73 Å². The molecule has 0 unspecified atom stereocenters. The topological polar surface area (TPSA) is 109 Å². The quantitative estimate of drug-likeness (QED) is 0.170. The van der Waals surface area contributed by atoms with Gasteiger partial charge in [-0.05, 0) is 41.9 Å². The molecule has 0 radical (unpaired) electrons. The summed E-state index contributed by atoms with van der Waals surface area (Å²) in [5.74, 6) is 0.0555. The second kappa shape index (κ2) is 10.8. The van der Waals surface area contributed by atoms with Crippen LogP contribution in [0.2, 0.25) is 0 Å². The fourth-order valence-electron chi connectivity index (χ4n) is 2.04. The zero-order valence-corrected chi connectivity index (χ0v) is 17.5. The molecule has 0 aromatic heterocycles. The van der Waals surface area contributed by atoms with Crippen molar-refractivity contribution in [1.82, 2.24) is 0 Å². The normalized spacial score (nSPS) is 9.54. The number of ketones is 2. The monoisotopic (exact) mass is 480 g/mol. The van der Waals surface area contributed by atoms with E-state index in [0.29, 0.717) is 35.3 Å². The van der Waals surface area contributed by atoms with Gasteiger partial charge in [-0.1, -0.05) is 50.8 Å². The molecule has 0 atom stereocenters. The number of anilines is 1. The van der Waals surface area contributed by atoms with Crippen molar-refractivity contribution in [2.24, 2.45) is 5.11 Å². The molecule has 6 nitrogen and oxygen atoms in total. The lowest BCUT2D eigenvalue weighted by Gasteiger charge is -2.02. The van der Waals surface area contributed by atoms with Gasteiger partial charge < -0.3 is 5.73 Å². The number of hydrogen-bond acceptors (Lipinski definition) is 4. The van der Waals surface area contributed by atoms with Crippen molar-refractivity contribution in [3.8, 4) is 0 Å². The SMILES string of the molecule is CCC(=O)c1ccc(Br)cc1N.CCC(=O)c1ccc(Br)cc1N=[N+]=[N-]. The van der Waals surface area contributed by atoms with Gasteiger partial charge in [-0.25, -0.2) is 0 Å². The van der Waals surface area contributed by atoms with E-state index in [9.17, 15) is 9.59 Å². The van der Waals surface area contributed by atoms with Crippen LogP contribution in [-0.4, -0.2) is 11.6 Å². The molecule has 2 rings (SSSR count). The van der Waals surface area contributed by atoms with Gasteiger partial charge in [0.15, 0.2) is 11.6 Å². The third-order valence-corrected chi connectivity index (χ3v) is 4.36. The Bertz CT molecular complexity index is 862. The third-order valence-electron chi connectivity index (χ3n) is 3.37. The first-order valence-corrected chi connectivity index (χ1v) is 9.38. The number of nitrogens with two attached hydrogens (primary N) is 1. The highest BCUT2D eigenvalue weighted by Crippen LogP contribution is 2.25. The summed E-state index contributed by atoms with van der Waals surface area (Å²) in [5, 5.41) is 3.47. The van der Waals surface area contributed by atoms with Gasteiger partial charge in [0.1, 0.15) is 0 Å². The highest BCUT2D eigenvalue weighted by Gasteiger charge is 2.08. The van der Waals surface area contributed by atoms with Gasteiger partial charge in [0.2, 0.25) is 0 Å². The van der Waals surface area contributed by atoms with Crippen molar-refractivity contribution < 1.29 is 9.59 Å². The van der Waals surface area contributed by atoms with Crippen LogP contribution in [0.1, 0.15) is 47.4 Å².